The van der Waals surface area contributed by atoms with Crippen molar-refractivity contribution in [3.8, 4) is 0 Å². The molecule has 82 valence electrons. The summed E-state index contributed by atoms with van der Waals surface area (Å²) in [6, 6.07) is 4.65. The van der Waals surface area contributed by atoms with Crippen LogP contribution in [0.25, 0.3) is 0 Å². The van der Waals surface area contributed by atoms with Crippen LogP contribution in [0, 0.1) is 5.82 Å². The van der Waals surface area contributed by atoms with Crippen LogP contribution >= 0.6 is 15.9 Å². The van der Waals surface area contributed by atoms with Crippen LogP contribution in [0.4, 0.5) is 4.39 Å². The van der Waals surface area contributed by atoms with Gasteiger partial charge in [0, 0.05) is 0 Å². The van der Waals surface area contributed by atoms with Crippen LogP contribution in [0.5, 0.6) is 0 Å². The third-order valence-electron chi connectivity index (χ3n) is 1.74. The van der Waals surface area contributed by atoms with Crippen molar-refractivity contribution in [2.24, 2.45) is 0 Å². The third-order valence-corrected chi connectivity index (χ3v) is 2.35. The highest BCUT2D eigenvalue weighted by atomic mass is 79.9. The second-order valence-electron chi connectivity index (χ2n) is 2.94. The molecule has 1 N–H and O–H groups in total. The van der Waals surface area contributed by atoms with Crippen molar-refractivity contribution in [2.75, 3.05) is 13.2 Å². The summed E-state index contributed by atoms with van der Waals surface area (Å²) >= 11 is 3.07. The summed E-state index contributed by atoms with van der Waals surface area (Å²) in [6.45, 7) is 0.00668. The summed E-state index contributed by atoms with van der Waals surface area (Å²) < 4.78 is 18.1. The molecule has 1 rings (SSSR count). The Hall–Kier alpha value is -0.940. The van der Waals surface area contributed by atoms with E-state index < -0.39 is 5.97 Å². The van der Waals surface area contributed by atoms with Crippen molar-refractivity contribution in [3.05, 3.63) is 34.1 Å². The lowest BCUT2D eigenvalue weighted by Crippen LogP contribution is -2.09. The number of hydrogen-bond donors (Lipinski definition) is 1. The second-order valence-corrected chi connectivity index (χ2v) is 3.80. The Kier molecular flexibility index (Phi) is 4.71. The Labute approximate surface area is 95.0 Å². The molecular weight excluding hydrogens is 267 g/mol. The summed E-state index contributed by atoms with van der Waals surface area (Å²) in [7, 11) is 0. The molecule has 5 heteroatoms. The van der Waals surface area contributed by atoms with Gasteiger partial charge < -0.3 is 9.84 Å². The largest absolute Gasteiger partial charge is 0.480 e. The van der Waals surface area contributed by atoms with E-state index in [1.165, 1.54) is 6.07 Å². The van der Waals surface area contributed by atoms with E-state index in [1.54, 1.807) is 12.1 Å². The first-order chi connectivity index (χ1) is 7.09. The van der Waals surface area contributed by atoms with Crippen molar-refractivity contribution in [1.82, 2.24) is 0 Å². The lowest BCUT2D eigenvalue weighted by molar-refractivity contribution is -0.142. The summed E-state index contributed by atoms with van der Waals surface area (Å²) in [4.78, 5) is 10.1. The van der Waals surface area contributed by atoms with E-state index >= 15 is 0 Å². The van der Waals surface area contributed by atoms with E-state index in [4.69, 9.17) is 9.84 Å². The number of carbonyl (C=O) groups is 1. The maximum Gasteiger partial charge on any atom is 0.329 e. The first kappa shape index (κ1) is 12.1. The van der Waals surface area contributed by atoms with E-state index in [0.29, 0.717) is 17.5 Å². The molecule has 0 bridgehead atoms. The maximum absolute atomic E-state index is 12.8. The minimum absolute atomic E-state index is 0.303. The number of halogens is 2. The van der Waals surface area contributed by atoms with E-state index in [-0.39, 0.29) is 12.4 Å². The molecule has 1 aromatic rings. The fraction of sp³-hybridized carbons (Fsp3) is 0.300. The van der Waals surface area contributed by atoms with Crippen LogP contribution in [0.3, 0.4) is 0 Å². The predicted octanol–water partition coefficient (Wildman–Crippen LogP) is 2.23. The molecule has 15 heavy (non-hydrogen) atoms. The van der Waals surface area contributed by atoms with Crippen molar-refractivity contribution in [3.63, 3.8) is 0 Å². The van der Waals surface area contributed by atoms with E-state index in [1.807, 2.05) is 0 Å². The monoisotopic (exact) mass is 276 g/mol. The van der Waals surface area contributed by atoms with E-state index in [0.717, 1.165) is 5.56 Å². The van der Waals surface area contributed by atoms with Crippen LogP contribution < -0.4 is 0 Å². The molecule has 0 spiro atoms. The second kappa shape index (κ2) is 5.82. The average molecular weight is 277 g/mol. The maximum atomic E-state index is 12.8. The van der Waals surface area contributed by atoms with Gasteiger partial charge in [0.25, 0.3) is 0 Å². The summed E-state index contributed by atoms with van der Waals surface area (Å²) in [5, 5.41) is 8.31. The van der Waals surface area contributed by atoms with Gasteiger partial charge in [-0.05, 0) is 40.0 Å². The van der Waals surface area contributed by atoms with Crippen molar-refractivity contribution >= 4 is 21.9 Å². The predicted molar refractivity (Wildman–Crippen MR) is 56.3 cm³/mol. The Morgan fingerprint density at radius 3 is 2.87 bits per heavy atom. The molecular formula is C10H10BrFO3. The van der Waals surface area contributed by atoms with Gasteiger partial charge in [0.1, 0.15) is 12.4 Å². The lowest BCUT2D eigenvalue weighted by Gasteiger charge is -2.03. The molecule has 0 aliphatic heterocycles. The zero-order valence-corrected chi connectivity index (χ0v) is 9.46. The van der Waals surface area contributed by atoms with Gasteiger partial charge in [-0.15, -0.1) is 0 Å². The molecule has 0 saturated heterocycles. The molecule has 0 fully saturated rings. The first-order valence-electron chi connectivity index (χ1n) is 4.33. The third kappa shape index (κ3) is 4.40. The quantitative estimate of drug-likeness (QED) is 0.839. The molecule has 0 radical (unpaired) electrons. The molecule has 0 aliphatic rings. The zero-order valence-electron chi connectivity index (χ0n) is 7.87. The highest BCUT2D eigenvalue weighted by Gasteiger charge is 2.01. The van der Waals surface area contributed by atoms with Gasteiger partial charge in [0.15, 0.2) is 0 Å². The number of carboxylic acids is 1. The molecule has 0 aromatic heterocycles. The van der Waals surface area contributed by atoms with Gasteiger partial charge >= 0.3 is 5.97 Å². The van der Waals surface area contributed by atoms with Gasteiger partial charge in [-0.2, -0.15) is 0 Å². The number of rotatable bonds is 5. The van der Waals surface area contributed by atoms with Gasteiger partial charge in [-0.25, -0.2) is 9.18 Å². The highest BCUT2D eigenvalue weighted by Crippen LogP contribution is 2.17. The minimum Gasteiger partial charge on any atom is -0.480 e. The normalized spacial score (nSPS) is 10.3. The fourth-order valence-corrected chi connectivity index (χ4v) is 1.47. The van der Waals surface area contributed by atoms with Crippen molar-refractivity contribution in [1.29, 1.82) is 0 Å². The number of benzene rings is 1. The molecule has 3 nitrogen and oxygen atoms in total. The molecule has 0 amide bonds. The zero-order chi connectivity index (χ0) is 11.3. The van der Waals surface area contributed by atoms with Gasteiger partial charge in [-0.1, -0.05) is 6.07 Å². The van der Waals surface area contributed by atoms with Gasteiger partial charge in [0.2, 0.25) is 0 Å². The fourth-order valence-electron chi connectivity index (χ4n) is 1.04. The van der Waals surface area contributed by atoms with Crippen LogP contribution in [-0.4, -0.2) is 24.3 Å². The highest BCUT2D eigenvalue weighted by molar-refractivity contribution is 9.10. The molecule has 0 saturated carbocycles. The summed E-state index contributed by atoms with van der Waals surface area (Å²) in [6.07, 6.45) is 0.562. The van der Waals surface area contributed by atoms with Crippen LogP contribution in [-0.2, 0) is 16.0 Å². The SMILES string of the molecule is O=C(O)COCCc1ccc(F)c(Br)c1. The van der Waals surface area contributed by atoms with Crippen LogP contribution in [0.2, 0.25) is 0 Å². The Bertz CT molecular complexity index is 355. The lowest BCUT2D eigenvalue weighted by atomic mass is 10.2. The number of carboxylic acid groups (broad SMARTS) is 1. The van der Waals surface area contributed by atoms with Gasteiger partial charge in [0.05, 0.1) is 11.1 Å². The standard InChI is InChI=1S/C10H10BrFO3/c11-8-5-7(1-2-9(8)12)3-4-15-6-10(13)14/h1-2,5H,3-4,6H2,(H,13,14). The van der Waals surface area contributed by atoms with Crippen molar-refractivity contribution < 1.29 is 19.0 Å². The Morgan fingerprint density at radius 1 is 1.53 bits per heavy atom. The van der Waals surface area contributed by atoms with E-state index in [2.05, 4.69) is 15.9 Å². The number of ether oxygens (including phenoxy) is 1. The smallest absolute Gasteiger partial charge is 0.329 e. The molecule has 0 aliphatic carbocycles. The molecule has 0 atom stereocenters. The van der Waals surface area contributed by atoms with Crippen LogP contribution in [0.15, 0.2) is 22.7 Å². The average Bonchev–Trinajstić information content (AvgIpc) is 2.18. The van der Waals surface area contributed by atoms with Crippen molar-refractivity contribution in [2.45, 2.75) is 6.42 Å². The molecule has 0 unspecified atom stereocenters. The summed E-state index contributed by atoms with van der Waals surface area (Å²) in [5.41, 5.74) is 0.897. The Morgan fingerprint density at radius 2 is 2.27 bits per heavy atom. The Balaban J connectivity index is 2.38. The summed E-state index contributed by atoms with van der Waals surface area (Å²) in [5.74, 6) is -1.31. The molecule has 1 aromatic carbocycles. The topological polar surface area (TPSA) is 46.5 Å². The van der Waals surface area contributed by atoms with Crippen LogP contribution in [0.1, 0.15) is 5.56 Å². The molecule has 0 heterocycles. The van der Waals surface area contributed by atoms with E-state index in [9.17, 15) is 9.18 Å². The number of aliphatic carboxylic acids is 1. The number of hydrogen-bond acceptors (Lipinski definition) is 2. The van der Waals surface area contributed by atoms with Gasteiger partial charge in [-0.3, -0.25) is 0 Å². The first-order valence-corrected chi connectivity index (χ1v) is 5.12. The minimum atomic E-state index is -0.990.